The van der Waals surface area contributed by atoms with Gasteiger partial charge >= 0.3 is 0 Å². The fourth-order valence-corrected chi connectivity index (χ4v) is 3.24. The van der Waals surface area contributed by atoms with Crippen molar-refractivity contribution >= 4 is 38.5 Å². The van der Waals surface area contributed by atoms with Gasteiger partial charge in [-0.2, -0.15) is 5.10 Å². The minimum atomic E-state index is -3.76. The summed E-state index contributed by atoms with van der Waals surface area (Å²) in [5.74, 6) is 0.128. The third-order valence-electron chi connectivity index (χ3n) is 3.13. The van der Waals surface area contributed by atoms with Gasteiger partial charge in [0.25, 0.3) is 10.0 Å². The number of aryl methyl sites for hydroxylation is 1. The maximum Gasteiger partial charge on any atom is 0.266 e. The molecule has 0 saturated carbocycles. The molecule has 23 heavy (non-hydrogen) atoms. The van der Waals surface area contributed by atoms with E-state index >= 15 is 0 Å². The molecule has 1 N–H and O–H groups in total. The lowest BCUT2D eigenvalue weighted by Crippen LogP contribution is -2.13. The molecule has 2 aromatic heterocycles. The maximum atomic E-state index is 12.4. The van der Waals surface area contributed by atoms with Crippen molar-refractivity contribution in [1.82, 2.24) is 19.7 Å². The number of sulfonamides is 1. The zero-order valence-electron chi connectivity index (χ0n) is 12.3. The number of aromatic nitrogens is 4. The molecule has 0 amide bonds. The molecule has 0 aliphatic rings. The number of halogens is 1. The molecule has 0 saturated heterocycles. The predicted molar refractivity (Wildman–Crippen MR) is 87.9 cm³/mol. The molecule has 0 spiro atoms. The number of para-hydroxylation sites is 1. The summed E-state index contributed by atoms with van der Waals surface area (Å²) in [6, 6.07) is 5.14. The van der Waals surface area contributed by atoms with Crippen LogP contribution in [-0.4, -0.2) is 28.2 Å². The first-order valence-electron chi connectivity index (χ1n) is 6.96. The Kier molecular flexibility index (Phi) is 4.18. The van der Waals surface area contributed by atoms with Gasteiger partial charge in [-0.3, -0.25) is 9.40 Å². The number of hydrogen-bond donors (Lipinski definition) is 1. The monoisotopic (exact) mass is 351 g/mol. The highest BCUT2D eigenvalue weighted by Gasteiger charge is 2.18. The molecule has 3 rings (SSSR count). The van der Waals surface area contributed by atoms with Crippen molar-refractivity contribution < 1.29 is 8.42 Å². The Morgan fingerprint density at radius 1 is 1.30 bits per heavy atom. The van der Waals surface area contributed by atoms with Crippen molar-refractivity contribution in [1.29, 1.82) is 0 Å². The molecule has 7 nitrogen and oxygen atoms in total. The van der Waals surface area contributed by atoms with E-state index in [1.54, 1.807) is 22.9 Å². The molecule has 0 bridgehead atoms. The second-order valence-corrected chi connectivity index (χ2v) is 7.00. The number of nitrogens with one attached hydrogen (secondary N) is 1. The van der Waals surface area contributed by atoms with E-state index in [0.29, 0.717) is 22.6 Å². The molecule has 120 valence electrons. The van der Waals surface area contributed by atoms with Crippen molar-refractivity contribution in [3.05, 3.63) is 41.8 Å². The first kappa shape index (κ1) is 15.7. The van der Waals surface area contributed by atoms with Crippen LogP contribution in [-0.2, 0) is 16.6 Å². The van der Waals surface area contributed by atoms with E-state index in [-0.39, 0.29) is 10.7 Å². The fraction of sp³-hybridized carbons (Fsp3) is 0.214. The summed E-state index contributed by atoms with van der Waals surface area (Å²) < 4.78 is 28.7. The Labute approximate surface area is 138 Å². The second-order valence-electron chi connectivity index (χ2n) is 4.91. The molecule has 9 heteroatoms. The maximum absolute atomic E-state index is 12.4. The second kappa shape index (κ2) is 6.13. The number of rotatable bonds is 5. The molecule has 0 unspecified atom stereocenters. The Bertz CT molecular complexity index is 955. The van der Waals surface area contributed by atoms with Crippen molar-refractivity contribution in [3.63, 3.8) is 0 Å². The van der Waals surface area contributed by atoms with Crippen molar-refractivity contribution in [3.8, 4) is 0 Å². The van der Waals surface area contributed by atoms with E-state index in [1.807, 2.05) is 6.92 Å². The van der Waals surface area contributed by atoms with Gasteiger partial charge in [-0.15, -0.1) is 0 Å². The van der Waals surface area contributed by atoms with Gasteiger partial charge in [0, 0.05) is 12.7 Å². The van der Waals surface area contributed by atoms with Crippen LogP contribution < -0.4 is 4.72 Å². The number of benzene rings is 1. The highest BCUT2D eigenvalue weighted by Crippen LogP contribution is 2.21. The summed E-state index contributed by atoms with van der Waals surface area (Å²) in [7, 11) is -3.76. The number of nitrogens with zero attached hydrogens (tertiary/aromatic N) is 4. The van der Waals surface area contributed by atoms with Crippen LogP contribution in [0.3, 0.4) is 0 Å². The summed E-state index contributed by atoms with van der Waals surface area (Å²) in [4.78, 5) is 8.46. The normalized spacial score (nSPS) is 11.7. The Hall–Kier alpha value is -2.19. The zero-order chi connectivity index (χ0) is 16.4. The minimum Gasteiger partial charge on any atom is -0.271 e. The lowest BCUT2D eigenvalue weighted by molar-refractivity contribution is 0.595. The van der Waals surface area contributed by atoms with Gasteiger partial charge < -0.3 is 0 Å². The van der Waals surface area contributed by atoms with Crippen LogP contribution in [0.4, 0.5) is 5.82 Å². The van der Waals surface area contributed by atoms with Crippen molar-refractivity contribution in [2.75, 3.05) is 4.72 Å². The van der Waals surface area contributed by atoms with Crippen LogP contribution in [0.1, 0.15) is 13.3 Å². The Balaban J connectivity index is 1.90. The summed E-state index contributed by atoms with van der Waals surface area (Å²) >= 11 is 6.02. The summed E-state index contributed by atoms with van der Waals surface area (Å²) in [5, 5.41) is 4.48. The van der Waals surface area contributed by atoms with Gasteiger partial charge in [-0.1, -0.05) is 24.6 Å². The lowest BCUT2D eigenvalue weighted by Gasteiger charge is -2.06. The summed E-state index contributed by atoms with van der Waals surface area (Å²) in [5.41, 5.74) is 1.03. The van der Waals surface area contributed by atoms with E-state index in [9.17, 15) is 8.42 Å². The van der Waals surface area contributed by atoms with Gasteiger partial charge in [0.2, 0.25) is 0 Å². The topological polar surface area (TPSA) is 89.8 Å². The molecule has 3 aromatic rings. The first-order valence-corrected chi connectivity index (χ1v) is 8.82. The largest absolute Gasteiger partial charge is 0.271 e. The van der Waals surface area contributed by atoms with Crippen LogP contribution in [0.25, 0.3) is 11.0 Å². The average Bonchev–Trinajstić information content (AvgIpc) is 2.97. The molecule has 0 fully saturated rings. The molecule has 2 heterocycles. The predicted octanol–water partition coefficient (Wildman–Crippen LogP) is 2.69. The SMILES string of the molecule is CCCn1cc(S(=O)(=O)Nc2cnc3c(Cl)cccc3n2)cn1. The summed E-state index contributed by atoms with van der Waals surface area (Å²) in [6.45, 7) is 2.65. The lowest BCUT2D eigenvalue weighted by atomic mass is 10.3. The number of hydrogen-bond acceptors (Lipinski definition) is 5. The Morgan fingerprint density at radius 2 is 2.13 bits per heavy atom. The van der Waals surface area contributed by atoms with Crippen LogP contribution in [0.15, 0.2) is 41.7 Å². The van der Waals surface area contributed by atoms with E-state index < -0.39 is 10.0 Å². The van der Waals surface area contributed by atoms with Crippen molar-refractivity contribution in [2.45, 2.75) is 24.8 Å². The van der Waals surface area contributed by atoms with Gasteiger partial charge in [0.15, 0.2) is 5.82 Å². The molecule has 0 radical (unpaired) electrons. The molecular weight excluding hydrogens is 338 g/mol. The number of anilines is 1. The average molecular weight is 352 g/mol. The van der Waals surface area contributed by atoms with E-state index in [4.69, 9.17) is 11.6 Å². The van der Waals surface area contributed by atoms with E-state index in [2.05, 4.69) is 19.8 Å². The third-order valence-corrected chi connectivity index (χ3v) is 4.75. The van der Waals surface area contributed by atoms with Crippen LogP contribution in [0.5, 0.6) is 0 Å². The third kappa shape index (κ3) is 3.27. The highest BCUT2D eigenvalue weighted by atomic mass is 35.5. The van der Waals surface area contributed by atoms with Crippen LogP contribution in [0, 0.1) is 0 Å². The van der Waals surface area contributed by atoms with Crippen LogP contribution >= 0.6 is 11.6 Å². The van der Waals surface area contributed by atoms with E-state index in [0.717, 1.165) is 6.42 Å². The highest BCUT2D eigenvalue weighted by molar-refractivity contribution is 7.92. The molecular formula is C14H14ClN5O2S. The fourth-order valence-electron chi connectivity index (χ4n) is 2.09. The molecule has 0 atom stereocenters. The molecule has 0 aliphatic carbocycles. The minimum absolute atomic E-state index is 0.0824. The standard InChI is InChI=1S/C14H14ClN5O2S/c1-2-6-20-9-10(7-17-20)23(21,22)19-13-8-16-14-11(15)4-3-5-12(14)18-13/h3-5,7-9H,2,6H2,1H3,(H,18,19). The molecule has 1 aromatic carbocycles. The van der Waals surface area contributed by atoms with Gasteiger partial charge in [-0.25, -0.2) is 18.4 Å². The van der Waals surface area contributed by atoms with Gasteiger partial charge in [-0.05, 0) is 18.6 Å². The van der Waals surface area contributed by atoms with Gasteiger partial charge in [0.05, 0.1) is 22.9 Å². The zero-order valence-corrected chi connectivity index (χ0v) is 13.8. The quantitative estimate of drug-likeness (QED) is 0.763. The Morgan fingerprint density at radius 3 is 2.91 bits per heavy atom. The van der Waals surface area contributed by atoms with Crippen LogP contribution in [0.2, 0.25) is 5.02 Å². The molecule has 0 aliphatic heterocycles. The van der Waals surface area contributed by atoms with Crippen molar-refractivity contribution in [2.24, 2.45) is 0 Å². The van der Waals surface area contributed by atoms with Gasteiger partial charge in [0.1, 0.15) is 10.4 Å². The smallest absolute Gasteiger partial charge is 0.266 e. The number of fused-ring (bicyclic) bond motifs is 1. The summed E-state index contributed by atoms with van der Waals surface area (Å²) in [6.07, 6.45) is 4.99. The van der Waals surface area contributed by atoms with E-state index in [1.165, 1.54) is 18.6 Å². The first-order chi connectivity index (χ1) is 11.0.